The minimum absolute atomic E-state index is 0.0236. The van der Waals surface area contributed by atoms with Crippen molar-refractivity contribution in [3.05, 3.63) is 76.5 Å². The van der Waals surface area contributed by atoms with Gasteiger partial charge in [-0.3, -0.25) is 4.79 Å². The van der Waals surface area contributed by atoms with E-state index >= 15 is 0 Å². The molecule has 2 aromatic carbocycles. The number of rotatable bonds is 6. The lowest BCUT2D eigenvalue weighted by molar-refractivity contribution is 0.0971. The monoisotopic (exact) mass is 387 g/mol. The van der Waals surface area contributed by atoms with E-state index in [4.69, 9.17) is 27.9 Å². The summed E-state index contributed by atoms with van der Waals surface area (Å²) in [6.07, 6.45) is 3.87. The Hall–Kier alpha value is -2.23. The zero-order chi connectivity index (χ0) is 18.7. The molecule has 134 valence electrons. The quantitative estimate of drug-likeness (QED) is 0.476. The molecule has 0 amide bonds. The highest BCUT2D eigenvalue weighted by Crippen LogP contribution is 2.28. The molecule has 1 aromatic heterocycles. The first-order valence-electron chi connectivity index (χ1n) is 8.33. The Bertz CT molecular complexity index is 931. The number of ketones is 1. The van der Waals surface area contributed by atoms with Crippen LogP contribution in [-0.4, -0.2) is 16.5 Å². The van der Waals surface area contributed by atoms with E-state index < -0.39 is 0 Å². The Morgan fingerprint density at radius 1 is 1.04 bits per heavy atom. The number of carbonyl (C=O) groups excluding carboxylic acids is 1. The van der Waals surface area contributed by atoms with Gasteiger partial charge in [-0.05, 0) is 55.3 Å². The number of hydrogen-bond acceptors (Lipinski definition) is 2. The highest BCUT2D eigenvalue weighted by atomic mass is 35.5. The fourth-order valence-corrected chi connectivity index (χ4v) is 2.96. The maximum Gasteiger partial charge on any atom is 0.182 e. The van der Waals surface area contributed by atoms with Crippen molar-refractivity contribution in [2.75, 3.05) is 0 Å². The summed E-state index contributed by atoms with van der Waals surface area (Å²) in [6.45, 7) is 4.17. The second-order valence-corrected chi connectivity index (χ2v) is 7.13. The first-order valence-corrected chi connectivity index (χ1v) is 9.09. The van der Waals surface area contributed by atoms with Gasteiger partial charge in [-0.2, -0.15) is 0 Å². The van der Waals surface area contributed by atoms with E-state index in [1.165, 1.54) is 0 Å². The van der Waals surface area contributed by atoms with Crippen LogP contribution in [0.5, 0.6) is 5.75 Å². The van der Waals surface area contributed by atoms with E-state index in [0.717, 1.165) is 11.1 Å². The van der Waals surface area contributed by atoms with E-state index in [0.29, 0.717) is 21.4 Å². The van der Waals surface area contributed by atoms with Gasteiger partial charge in [0.05, 0.1) is 22.7 Å². The molecule has 3 nitrogen and oxygen atoms in total. The molecule has 0 unspecified atom stereocenters. The molecular formula is C21H19Cl2NO2. The fraction of sp³-hybridized carbons (Fsp3) is 0.190. The van der Waals surface area contributed by atoms with Gasteiger partial charge in [0.25, 0.3) is 0 Å². The average molecular weight is 388 g/mol. The number of carbonyl (C=O) groups is 1. The van der Waals surface area contributed by atoms with Crippen molar-refractivity contribution in [3.63, 3.8) is 0 Å². The molecular weight excluding hydrogens is 369 g/mol. The Morgan fingerprint density at radius 2 is 1.85 bits per heavy atom. The molecule has 0 aliphatic carbocycles. The summed E-state index contributed by atoms with van der Waals surface area (Å²) in [6, 6.07) is 14.7. The molecule has 0 fully saturated rings. The highest BCUT2D eigenvalue weighted by molar-refractivity contribution is 6.42. The van der Waals surface area contributed by atoms with Gasteiger partial charge in [-0.1, -0.05) is 41.4 Å². The molecule has 0 radical (unpaired) electrons. The smallest absolute Gasteiger partial charge is 0.182 e. The number of nitrogens with zero attached hydrogens (tertiary/aromatic N) is 1. The Kier molecular flexibility index (Phi) is 5.70. The molecule has 26 heavy (non-hydrogen) atoms. The summed E-state index contributed by atoms with van der Waals surface area (Å²) in [7, 11) is 0. The van der Waals surface area contributed by atoms with E-state index in [-0.39, 0.29) is 18.4 Å². The summed E-state index contributed by atoms with van der Waals surface area (Å²) >= 11 is 12.0. The van der Waals surface area contributed by atoms with E-state index in [1.807, 2.05) is 61.1 Å². The number of aromatic nitrogens is 1. The van der Waals surface area contributed by atoms with Crippen molar-refractivity contribution >= 4 is 29.0 Å². The summed E-state index contributed by atoms with van der Waals surface area (Å²) in [5, 5.41) is 1.03. The van der Waals surface area contributed by atoms with Gasteiger partial charge in [0, 0.05) is 18.0 Å². The summed E-state index contributed by atoms with van der Waals surface area (Å²) in [5.74, 6) is 0.727. The lowest BCUT2D eigenvalue weighted by Gasteiger charge is -2.10. The third-order valence-electron chi connectivity index (χ3n) is 3.86. The van der Waals surface area contributed by atoms with Crippen molar-refractivity contribution in [3.8, 4) is 16.9 Å². The van der Waals surface area contributed by atoms with Crippen LogP contribution in [0.1, 0.15) is 24.2 Å². The van der Waals surface area contributed by atoms with Crippen LogP contribution in [0.3, 0.4) is 0 Å². The lowest BCUT2D eigenvalue weighted by Crippen LogP contribution is -2.10. The van der Waals surface area contributed by atoms with Crippen LogP contribution >= 0.6 is 23.2 Å². The van der Waals surface area contributed by atoms with Crippen LogP contribution in [0.25, 0.3) is 11.1 Å². The zero-order valence-corrected chi connectivity index (χ0v) is 16.1. The summed E-state index contributed by atoms with van der Waals surface area (Å²) in [4.78, 5) is 12.6. The van der Waals surface area contributed by atoms with Crippen LogP contribution in [-0.2, 0) is 6.54 Å². The van der Waals surface area contributed by atoms with Crippen LogP contribution in [0.2, 0.25) is 10.0 Å². The molecule has 1 heterocycles. The lowest BCUT2D eigenvalue weighted by atomic mass is 10.1. The van der Waals surface area contributed by atoms with Crippen molar-refractivity contribution in [1.82, 2.24) is 4.57 Å². The number of benzene rings is 2. The largest absolute Gasteiger partial charge is 0.491 e. The molecule has 3 aromatic rings. The summed E-state index contributed by atoms with van der Waals surface area (Å²) < 4.78 is 7.51. The minimum Gasteiger partial charge on any atom is -0.491 e. The molecule has 0 aliphatic rings. The Balaban J connectivity index is 1.74. The molecule has 0 aliphatic heterocycles. The van der Waals surface area contributed by atoms with Gasteiger partial charge in [-0.15, -0.1) is 0 Å². The normalized spacial score (nSPS) is 11.0. The predicted molar refractivity (Wildman–Crippen MR) is 106 cm³/mol. The van der Waals surface area contributed by atoms with Gasteiger partial charge >= 0.3 is 0 Å². The second-order valence-electron chi connectivity index (χ2n) is 6.32. The van der Waals surface area contributed by atoms with Crippen LogP contribution in [0.4, 0.5) is 0 Å². The maximum atomic E-state index is 12.6. The van der Waals surface area contributed by atoms with E-state index in [2.05, 4.69) is 0 Å². The van der Waals surface area contributed by atoms with Gasteiger partial charge in [0.15, 0.2) is 5.78 Å². The van der Waals surface area contributed by atoms with Gasteiger partial charge in [0.1, 0.15) is 5.75 Å². The SMILES string of the molecule is CC(C)Oc1cccc(C(=O)Cn2ccc(-c3ccc(Cl)c(Cl)c3)c2)c1. The van der Waals surface area contributed by atoms with Crippen molar-refractivity contribution < 1.29 is 9.53 Å². The number of halogens is 2. The molecule has 0 atom stereocenters. The molecule has 0 saturated carbocycles. The standard InChI is InChI=1S/C21H19Cl2NO2/c1-14(2)26-18-5-3-4-16(10-18)21(25)13-24-9-8-17(12-24)15-6-7-19(22)20(23)11-15/h3-12,14H,13H2,1-2H3. The van der Waals surface area contributed by atoms with E-state index in [1.54, 1.807) is 18.2 Å². The summed E-state index contributed by atoms with van der Waals surface area (Å²) in [5.41, 5.74) is 2.57. The Labute approximate surface area is 163 Å². The molecule has 0 bridgehead atoms. The maximum absolute atomic E-state index is 12.6. The van der Waals surface area contributed by atoms with Crippen molar-refractivity contribution in [2.45, 2.75) is 26.5 Å². The first-order chi connectivity index (χ1) is 12.4. The second kappa shape index (κ2) is 7.98. The van der Waals surface area contributed by atoms with Crippen LogP contribution in [0.15, 0.2) is 60.9 Å². The highest BCUT2D eigenvalue weighted by Gasteiger charge is 2.10. The first kappa shape index (κ1) is 18.6. The van der Waals surface area contributed by atoms with Gasteiger partial charge < -0.3 is 9.30 Å². The zero-order valence-electron chi connectivity index (χ0n) is 14.6. The van der Waals surface area contributed by atoms with E-state index in [9.17, 15) is 4.79 Å². The number of ether oxygens (including phenoxy) is 1. The third kappa shape index (κ3) is 4.48. The van der Waals surface area contributed by atoms with Gasteiger partial charge in [0.2, 0.25) is 0 Å². The molecule has 3 rings (SSSR count). The molecule has 0 N–H and O–H groups in total. The Morgan fingerprint density at radius 3 is 2.58 bits per heavy atom. The van der Waals surface area contributed by atoms with Crippen molar-refractivity contribution in [2.24, 2.45) is 0 Å². The fourth-order valence-electron chi connectivity index (χ4n) is 2.66. The van der Waals surface area contributed by atoms with Gasteiger partial charge in [-0.25, -0.2) is 0 Å². The van der Waals surface area contributed by atoms with Crippen LogP contribution in [0, 0.1) is 0 Å². The predicted octanol–water partition coefficient (Wildman–Crippen LogP) is 6.13. The molecule has 5 heteroatoms. The average Bonchev–Trinajstić information content (AvgIpc) is 3.05. The number of hydrogen-bond donors (Lipinski definition) is 0. The topological polar surface area (TPSA) is 31.2 Å². The minimum atomic E-state index is 0.0236. The number of Topliss-reactive ketones (excluding diaryl/α,β-unsaturated/α-hetero) is 1. The molecule has 0 spiro atoms. The molecule has 0 saturated heterocycles. The van der Waals surface area contributed by atoms with Crippen molar-refractivity contribution in [1.29, 1.82) is 0 Å². The van der Waals surface area contributed by atoms with Crippen LogP contribution < -0.4 is 4.74 Å². The third-order valence-corrected chi connectivity index (χ3v) is 4.60.